The molecule has 0 radical (unpaired) electrons. The Morgan fingerprint density at radius 1 is 0.857 bits per heavy atom. The lowest BCUT2D eigenvalue weighted by Gasteiger charge is -2.24. The summed E-state index contributed by atoms with van der Waals surface area (Å²) in [7, 11) is 0. The maximum absolute atomic E-state index is 12.7. The minimum absolute atomic E-state index is 0.0578. The van der Waals surface area contributed by atoms with Crippen molar-refractivity contribution in [2.45, 2.75) is 63.7 Å². The second-order valence-electron chi connectivity index (χ2n) is 8.56. The molecular formula is C23H34N4O8. The molecule has 0 saturated heterocycles. The fourth-order valence-electron chi connectivity index (χ4n) is 3.21. The molecule has 0 spiro atoms. The second kappa shape index (κ2) is 14.7. The Morgan fingerprint density at radius 3 is 1.91 bits per heavy atom. The zero-order valence-electron chi connectivity index (χ0n) is 19.8. The van der Waals surface area contributed by atoms with Gasteiger partial charge < -0.3 is 37.0 Å². The molecule has 4 atom stereocenters. The summed E-state index contributed by atoms with van der Waals surface area (Å²) < 4.78 is 0. The van der Waals surface area contributed by atoms with Crippen molar-refractivity contribution in [1.82, 2.24) is 16.0 Å². The summed E-state index contributed by atoms with van der Waals surface area (Å²) in [5, 5.41) is 34.8. The Bertz CT molecular complexity index is 878. The van der Waals surface area contributed by atoms with Crippen LogP contribution in [0.15, 0.2) is 30.3 Å². The number of hydrogen-bond acceptors (Lipinski definition) is 7. The highest BCUT2D eigenvalue weighted by Crippen LogP contribution is 2.07. The van der Waals surface area contributed by atoms with Crippen molar-refractivity contribution in [2.24, 2.45) is 11.7 Å². The van der Waals surface area contributed by atoms with E-state index >= 15 is 0 Å². The van der Waals surface area contributed by atoms with Crippen LogP contribution in [0.1, 0.15) is 38.7 Å². The summed E-state index contributed by atoms with van der Waals surface area (Å²) in [4.78, 5) is 60.2. The van der Waals surface area contributed by atoms with E-state index in [9.17, 15) is 34.2 Å². The topological polar surface area (TPSA) is 208 Å². The molecule has 194 valence electrons. The van der Waals surface area contributed by atoms with Crippen molar-refractivity contribution in [3.8, 4) is 0 Å². The minimum Gasteiger partial charge on any atom is -0.481 e. The maximum Gasteiger partial charge on any atom is 0.326 e. The summed E-state index contributed by atoms with van der Waals surface area (Å²) in [6.07, 6.45) is -0.517. The van der Waals surface area contributed by atoms with E-state index in [1.807, 2.05) is 0 Å². The molecular weight excluding hydrogens is 460 g/mol. The van der Waals surface area contributed by atoms with Gasteiger partial charge in [0.1, 0.15) is 18.1 Å². The van der Waals surface area contributed by atoms with Crippen molar-refractivity contribution in [3.05, 3.63) is 35.9 Å². The number of benzene rings is 1. The van der Waals surface area contributed by atoms with Crippen LogP contribution in [0.4, 0.5) is 0 Å². The van der Waals surface area contributed by atoms with E-state index < -0.39 is 66.9 Å². The molecule has 12 nitrogen and oxygen atoms in total. The lowest BCUT2D eigenvalue weighted by atomic mass is 10.0. The monoisotopic (exact) mass is 494 g/mol. The highest BCUT2D eigenvalue weighted by atomic mass is 16.4. The fourth-order valence-corrected chi connectivity index (χ4v) is 3.21. The molecule has 0 fully saturated rings. The van der Waals surface area contributed by atoms with E-state index in [0.29, 0.717) is 0 Å². The van der Waals surface area contributed by atoms with E-state index in [1.54, 1.807) is 44.2 Å². The van der Waals surface area contributed by atoms with Crippen LogP contribution in [-0.2, 0) is 30.4 Å². The van der Waals surface area contributed by atoms with Gasteiger partial charge in [0.2, 0.25) is 17.7 Å². The van der Waals surface area contributed by atoms with Gasteiger partial charge in [-0.25, -0.2) is 4.79 Å². The Hall–Kier alpha value is -3.51. The van der Waals surface area contributed by atoms with Gasteiger partial charge in [-0.05, 0) is 30.7 Å². The van der Waals surface area contributed by atoms with Crippen LogP contribution in [0.3, 0.4) is 0 Å². The third kappa shape index (κ3) is 11.0. The molecule has 1 rings (SSSR count). The van der Waals surface area contributed by atoms with Crippen molar-refractivity contribution < 1.29 is 39.3 Å². The molecule has 1 aromatic carbocycles. The standard InChI is InChI=1S/C23H34N4O8/c1-13(2)10-17(23(34)35)26-21(32)16(8-9-19(29)30)25-22(33)18(12-28)27-20(31)15(24)11-14-6-4-3-5-7-14/h3-7,13,15-18,28H,8-12,24H2,1-2H3,(H,25,33)(H,26,32)(H,27,31)(H,29,30)(H,34,35). The number of rotatable bonds is 15. The van der Waals surface area contributed by atoms with Crippen molar-refractivity contribution in [2.75, 3.05) is 6.61 Å². The number of hydrogen-bond donors (Lipinski definition) is 7. The van der Waals surface area contributed by atoms with Gasteiger partial charge in [0, 0.05) is 6.42 Å². The highest BCUT2D eigenvalue weighted by Gasteiger charge is 2.30. The number of carboxylic acids is 2. The first-order valence-corrected chi connectivity index (χ1v) is 11.2. The smallest absolute Gasteiger partial charge is 0.326 e. The number of nitrogens with one attached hydrogen (secondary N) is 3. The Labute approximate surface area is 203 Å². The molecule has 0 aliphatic heterocycles. The molecule has 0 aliphatic rings. The zero-order valence-corrected chi connectivity index (χ0v) is 19.8. The first kappa shape index (κ1) is 29.5. The van der Waals surface area contributed by atoms with Crippen molar-refractivity contribution >= 4 is 29.7 Å². The van der Waals surface area contributed by atoms with E-state index in [4.69, 9.17) is 10.8 Å². The van der Waals surface area contributed by atoms with Crippen LogP contribution in [0, 0.1) is 5.92 Å². The van der Waals surface area contributed by atoms with Gasteiger partial charge in [-0.1, -0.05) is 44.2 Å². The number of aliphatic carboxylic acids is 2. The molecule has 1 aromatic rings. The normalized spacial score (nSPS) is 14.3. The Balaban J connectivity index is 2.86. The highest BCUT2D eigenvalue weighted by molar-refractivity contribution is 5.94. The van der Waals surface area contributed by atoms with Crippen LogP contribution in [0.2, 0.25) is 0 Å². The number of amides is 3. The fraction of sp³-hybridized carbons (Fsp3) is 0.522. The number of aliphatic hydroxyl groups excluding tert-OH is 1. The molecule has 0 bridgehead atoms. The Kier molecular flexibility index (Phi) is 12.4. The summed E-state index contributed by atoms with van der Waals surface area (Å²) in [5.41, 5.74) is 6.69. The molecule has 12 heteroatoms. The van der Waals surface area contributed by atoms with Crippen LogP contribution in [0.25, 0.3) is 0 Å². The molecule has 3 amide bonds. The van der Waals surface area contributed by atoms with Crippen molar-refractivity contribution in [3.63, 3.8) is 0 Å². The lowest BCUT2D eigenvalue weighted by molar-refractivity contribution is -0.143. The summed E-state index contributed by atoms with van der Waals surface area (Å²) in [5.74, 6) is -5.11. The number of carboxylic acid groups (broad SMARTS) is 2. The zero-order chi connectivity index (χ0) is 26.5. The van der Waals surface area contributed by atoms with Crippen molar-refractivity contribution in [1.29, 1.82) is 0 Å². The molecule has 0 saturated carbocycles. The minimum atomic E-state index is -1.46. The first-order chi connectivity index (χ1) is 16.4. The largest absolute Gasteiger partial charge is 0.481 e. The molecule has 0 aromatic heterocycles. The molecule has 0 aliphatic carbocycles. The average molecular weight is 495 g/mol. The van der Waals surface area contributed by atoms with E-state index in [-0.39, 0.29) is 25.2 Å². The SMILES string of the molecule is CC(C)CC(NC(=O)C(CCC(=O)O)NC(=O)C(CO)NC(=O)C(N)Cc1ccccc1)C(=O)O. The van der Waals surface area contributed by atoms with Gasteiger partial charge in [-0.3, -0.25) is 19.2 Å². The maximum atomic E-state index is 12.7. The summed E-state index contributed by atoms with van der Waals surface area (Å²) in [6.45, 7) is 2.72. The van der Waals surface area contributed by atoms with E-state index in [1.165, 1.54) is 0 Å². The first-order valence-electron chi connectivity index (χ1n) is 11.2. The molecule has 4 unspecified atom stereocenters. The van der Waals surface area contributed by atoms with Crippen LogP contribution < -0.4 is 21.7 Å². The van der Waals surface area contributed by atoms with Crippen LogP contribution in [0.5, 0.6) is 0 Å². The number of carbonyl (C=O) groups is 5. The summed E-state index contributed by atoms with van der Waals surface area (Å²) >= 11 is 0. The van der Waals surface area contributed by atoms with Gasteiger partial charge in [0.15, 0.2) is 0 Å². The van der Waals surface area contributed by atoms with Crippen LogP contribution in [-0.4, -0.2) is 75.8 Å². The van der Waals surface area contributed by atoms with E-state index in [2.05, 4.69) is 16.0 Å². The third-order valence-electron chi connectivity index (χ3n) is 5.05. The van der Waals surface area contributed by atoms with Gasteiger partial charge >= 0.3 is 11.9 Å². The van der Waals surface area contributed by atoms with Gasteiger partial charge in [0.05, 0.1) is 12.6 Å². The molecule has 35 heavy (non-hydrogen) atoms. The van der Waals surface area contributed by atoms with Gasteiger partial charge in [-0.15, -0.1) is 0 Å². The van der Waals surface area contributed by atoms with Gasteiger partial charge in [-0.2, -0.15) is 0 Å². The predicted molar refractivity (Wildman–Crippen MR) is 125 cm³/mol. The second-order valence-corrected chi connectivity index (χ2v) is 8.56. The lowest BCUT2D eigenvalue weighted by Crippen LogP contribution is -2.58. The summed E-state index contributed by atoms with van der Waals surface area (Å²) in [6, 6.07) is 3.79. The quantitative estimate of drug-likeness (QED) is 0.159. The molecule has 8 N–H and O–H groups in total. The van der Waals surface area contributed by atoms with Crippen LogP contribution >= 0.6 is 0 Å². The third-order valence-corrected chi connectivity index (χ3v) is 5.05. The van der Waals surface area contributed by atoms with Gasteiger partial charge in [0.25, 0.3) is 0 Å². The number of aliphatic hydroxyl groups is 1. The Morgan fingerprint density at radius 2 is 1.40 bits per heavy atom. The number of nitrogens with two attached hydrogens (primary N) is 1. The average Bonchev–Trinajstić information content (AvgIpc) is 2.79. The predicted octanol–water partition coefficient (Wildman–Crippen LogP) is -1.00. The number of carbonyl (C=O) groups excluding carboxylic acids is 3. The molecule has 0 heterocycles. The van der Waals surface area contributed by atoms with E-state index in [0.717, 1.165) is 5.56 Å².